The summed E-state index contributed by atoms with van der Waals surface area (Å²) >= 11 is 0. The van der Waals surface area contributed by atoms with Crippen LogP contribution in [0.25, 0.3) is 0 Å². The first-order valence-corrected chi connectivity index (χ1v) is 12.4. The van der Waals surface area contributed by atoms with Gasteiger partial charge in [-0.3, -0.25) is 0 Å². The van der Waals surface area contributed by atoms with E-state index in [0.717, 1.165) is 64.8 Å². The third-order valence-corrected chi connectivity index (χ3v) is 4.90. The first-order chi connectivity index (χ1) is 14.3. The van der Waals surface area contributed by atoms with Crippen LogP contribution in [-0.2, 0) is 18.9 Å². The maximum atomic E-state index is 5.96. The van der Waals surface area contributed by atoms with E-state index in [1.165, 1.54) is 51.4 Å². The predicted molar refractivity (Wildman–Crippen MR) is 123 cm³/mol. The van der Waals surface area contributed by atoms with E-state index in [1.807, 2.05) is 0 Å². The molecule has 0 spiro atoms. The topological polar surface area (TPSA) is 36.9 Å². The van der Waals surface area contributed by atoms with Crippen LogP contribution in [0, 0.1) is 0 Å². The number of hydrogen-bond acceptors (Lipinski definition) is 4. The number of allylic oxidation sites excluding steroid dienone is 1. The van der Waals surface area contributed by atoms with Crippen molar-refractivity contribution in [2.75, 3.05) is 26.6 Å². The van der Waals surface area contributed by atoms with E-state index in [0.29, 0.717) is 6.79 Å². The van der Waals surface area contributed by atoms with Crippen LogP contribution in [0.1, 0.15) is 117 Å². The van der Waals surface area contributed by atoms with Crippen molar-refractivity contribution in [3.63, 3.8) is 0 Å². The molecule has 0 saturated carbocycles. The minimum absolute atomic E-state index is 0.0327. The molecular formula is C25H50O4. The van der Waals surface area contributed by atoms with Crippen LogP contribution in [0.5, 0.6) is 0 Å². The Kier molecular flexibility index (Phi) is 24.9. The Morgan fingerprint density at radius 1 is 0.621 bits per heavy atom. The summed E-state index contributed by atoms with van der Waals surface area (Å²) in [6.45, 7) is 9.48. The molecule has 0 bridgehead atoms. The van der Waals surface area contributed by atoms with Crippen molar-refractivity contribution in [2.24, 2.45) is 0 Å². The highest BCUT2D eigenvalue weighted by molar-refractivity contribution is 4.72. The van der Waals surface area contributed by atoms with Crippen molar-refractivity contribution >= 4 is 0 Å². The Balaban J connectivity index is 3.61. The fourth-order valence-electron chi connectivity index (χ4n) is 3.01. The Hall–Kier alpha value is -0.580. The predicted octanol–water partition coefficient (Wildman–Crippen LogP) is 7.76. The Labute approximate surface area is 181 Å². The Morgan fingerprint density at radius 3 is 1.86 bits per heavy atom. The lowest BCUT2D eigenvalue weighted by atomic mass is 10.2. The van der Waals surface area contributed by atoms with Crippen LogP contribution in [0.3, 0.4) is 0 Å². The number of unbranched alkanes of at least 4 members (excludes halogenated alkanes) is 10. The molecule has 0 heterocycles. The molecule has 0 aliphatic carbocycles. The fraction of sp³-hybridized carbons (Fsp3) is 0.920. The normalized spacial score (nSPS) is 11.7. The van der Waals surface area contributed by atoms with Gasteiger partial charge < -0.3 is 18.9 Å². The molecule has 0 atom stereocenters. The van der Waals surface area contributed by atoms with Crippen molar-refractivity contribution in [2.45, 2.75) is 123 Å². The molecule has 174 valence electrons. The number of hydrogen-bond donors (Lipinski definition) is 0. The van der Waals surface area contributed by atoms with Gasteiger partial charge in [-0.1, -0.05) is 72.1 Å². The zero-order chi connectivity index (χ0) is 21.3. The minimum atomic E-state index is -0.0327. The molecule has 0 rings (SSSR count). The van der Waals surface area contributed by atoms with Crippen LogP contribution in [-0.4, -0.2) is 32.9 Å². The molecule has 0 aliphatic heterocycles. The van der Waals surface area contributed by atoms with E-state index < -0.39 is 0 Å². The zero-order valence-corrected chi connectivity index (χ0v) is 19.8. The minimum Gasteiger partial charge on any atom is -0.475 e. The van der Waals surface area contributed by atoms with Gasteiger partial charge in [-0.15, -0.1) is 0 Å². The van der Waals surface area contributed by atoms with Crippen LogP contribution in [0.2, 0.25) is 0 Å². The van der Waals surface area contributed by atoms with Crippen molar-refractivity contribution in [3.05, 3.63) is 12.3 Å². The van der Waals surface area contributed by atoms with E-state index in [1.54, 1.807) is 6.26 Å². The quantitative estimate of drug-likeness (QED) is 0.0918. The molecule has 29 heavy (non-hydrogen) atoms. The first kappa shape index (κ1) is 28.4. The molecule has 0 aromatic rings. The molecular weight excluding hydrogens is 364 g/mol. The summed E-state index contributed by atoms with van der Waals surface area (Å²) in [7, 11) is 0. The summed E-state index contributed by atoms with van der Waals surface area (Å²) in [6.07, 6.45) is 21.6. The van der Waals surface area contributed by atoms with Gasteiger partial charge in [-0.2, -0.15) is 0 Å². The van der Waals surface area contributed by atoms with Crippen LogP contribution < -0.4 is 0 Å². The average Bonchev–Trinajstić information content (AvgIpc) is 2.73. The molecule has 0 amide bonds. The number of ether oxygens (including phenoxy) is 4. The molecule has 0 aromatic heterocycles. The van der Waals surface area contributed by atoms with Gasteiger partial charge in [0.2, 0.25) is 0 Å². The second-order valence-corrected chi connectivity index (χ2v) is 7.85. The maximum absolute atomic E-state index is 5.96. The average molecular weight is 415 g/mol. The Morgan fingerprint density at radius 2 is 1.21 bits per heavy atom. The smallest absolute Gasteiger partial charge is 0.188 e. The monoisotopic (exact) mass is 414 g/mol. The lowest BCUT2D eigenvalue weighted by molar-refractivity contribution is -0.147. The molecule has 4 nitrogen and oxygen atoms in total. The van der Waals surface area contributed by atoms with Crippen molar-refractivity contribution < 1.29 is 18.9 Å². The van der Waals surface area contributed by atoms with Gasteiger partial charge in [0, 0.05) is 13.2 Å². The van der Waals surface area contributed by atoms with Crippen LogP contribution >= 0.6 is 0 Å². The largest absolute Gasteiger partial charge is 0.475 e. The molecule has 0 N–H and O–H groups in total. The van der Waals surface area contributed by atoms with Gasteiger partial charge in [-0.05, 0) is 51.0 Å². The highest BCUT2D eigenvalue weighted by atomic mass is 16.7. The van der Waals surface area contributed by atoms with Gasteiger partial charge in [-0.25, -0.2) is 0 Å². The van der Waals surface area contributed by atoms with E-state index in [2.05, 4.69) is 26.8 Å². The summed E-state index contributed by atoms with van der Waals surface area (Å²) in [5, 5.41) is 0. The molecule has 0 saturated heterocycles. The standard InChI is InChI=1S/C25H50O4/c1-4-7-10-12-17-20-26-24-27-21-18-13-11-14-19-25(28-22-15-8-5-2)29-23-16-9-6-3/h18,21,25H,4-17,19-20,22-24H2,1-3H3. The summed E-state index contributed by atoms with van der Waals surface area (Å²) in [4.78, 5) is 0. The fourth-order valence-corrected chi connectivity index (χ4v) is 3.01. The van der Waals surface area contributed by atoms with Gasteiger partial charge in [0.05, 0.1) is 12.9 Å². The van der Waals surface area contributed by atoms with Gasteiger partial charge in [0.15, 0.2) is 13.1 Å². The van der Waals surface area contributed by atoms with Gasteiger partial charge >= 0.3 is 0 Å². The molecule has 0 unspecified atom stereocenters. The third-order valence-electron chi connectivity index (χ3n) is 4.90. The third kappa shape index (κ3) is 23.6. The zero-order valence-electron chi connectivity index (χ0n) is 19.8. The van der Waals surface area contributed by atoms with Crippen molar-refractivity contribution in [1.29, 1.82) is 0 Å². The summed E-state index contributed by atoms with van der Waals surface area (Å²) in [5.74, 6) is 0. The van der Waals surface area contributed by atoms with E-state index in [4.69, 9.17) is 18.9 Å². The van der Waals surface area contributed by atoms with Crippen LogP contribution in [0.4, 0.5) is 0 Å². The maximum Gasteiger partial charge on any atom is 0.188 e. The van der Waals surface area contributed by atoms with Gasteiger partial charge in [0.25, 0.3) is 0 Å². The molecule has 0 radical (unpaired) electrons. The molecule has 0 fully saturated rings. The van der Waals surface area contributed by atoms with E-state index in [9.17, 15) is 0 Å². The molecule has 0 aliphatic rings. The second kappa shape index (κ2) is 25.5. The van der Waals surface area contributed by atoms with Crippen molar-refractivity contribution in [1.82, 2.24) is 0 Å². The van der Waals surface area contributed by atoms with Gasteiger partial charge in [0.1, 0.15) is 0 Å². The highest BCUT2D eigenvalue weighted by Crippen LogP contribution is 2.11. The highest BCUT2D eigenvalue weighted by Gasteiger charge is 2.08. The van der Waals surface area contributed by atoms with E-state index in [-0.39, 0.29) is 6.29 Å². The summed E-state index contributed by atoms with van der Waals surface area (Å²) in [6, 6.07) is 0. The summed E-state index contributed by atoms with van der Waals surface area (Å²) < 4.78 is 22.8. The summed E-state index contributed by atoms with van der Waals surface area (Å²) in [5.41, 5.74) is 0. The van der Waals surface area contributed by atoms with E-state index >= 15 is 0 Å². The van der Waals surface area contributed by atoms with Crippen molar-refractivity contribution in [3.8, 4) is 0 Å². The lowest BCUT2D eigenvalue weighted by Crippen LogP contribution is -2.19. The first-order valence-electron chi connectivity index (χ1n) is 12.4. The lowest BCUT2D eigenvalue weighted by Gasteiger charge is -2.18. The number of rotatable bonds is 24. The SMILES string of the molecule is CCCCCCCOCOC=CCCCCC(OCCCCC)OCCCCC. The molecule has 4 heteroatoms. The molecule has 0 aromatic carbocycles. The Bertz CT molecular complexity index is 308. The van der Waals surface area contributed by atoms with Crippen LogP contribution in [0.15, 0.2) is 12.3 Å². The second-order valence-electron chi connectivity index (χ2n) is 7.85.